The van der Waals surface area contributed by atoms with E-state index < -0.39 is 83.5 Å². The van der Waals surface area contributed by atoms with Crippen molar-refractivity contribution in [3.05, 3.63) is 66.2 Å². The number of nitrogens with one attached hydrogen (secondary N) is 2. The number of carboxylic acids is 2. The summed E-state index contributed by atoms with van der Waals surface area (Å²) in [6.45, 7) is 0. The van der Waals surface area contributed by atoms with Gasteiger partial charge in [-0.2, -0.15) is 0 Å². The highest BCUT2D eigenvalue weighted by Crippen LogP contribution is 2.36. The molecule has 0 radical (unpaired) electrons. The summed E-state index contributed by atoms with van der Waals surface area (Å²) in [6.07, 6.45) is -12.7. The van der Waals surface area contributed by atoms with E-state index in [1.807, 2.05) is 9.97 Å². The Balaban J connectivity index is 1.66. The zero-order chi connectivity index (χ0) is 25.6. The summed E-state index contributed by atoms with van der Waals surface area (Å²) in [6, 6.07) is 1.84. The lowest BCUT2D eigenvalue weighted by Gasteiger charge is -2.26. The van der Waals surface area contributed by atoms with E-state index >= 15 is 0 Å². The number of aliphatic hydroxyl groups is 2. The Kier molecular flexibility index (Phi) is 6.26. The van der Waals surface area contributed by atoms with Gasteiger partial charge in [-0.25, -0.2) is 19.2 Å². The molecule has 2 fully saturated rings. The first-order valence-corrected chi connectivity index (χ1v) is 9.90. The third kappa shape index (κ3) is 4.33. The van der Waals surface area contributed by atoms with Gasteiger partial charge in [0.2, 0.25) is 0 Å². The fourth-order valence-corrected chi connectivity index (χ4v) is 3.90. The molecule has 2 saturated heterocycles. The Morgan fingerprint density at radius 1 is 0.771 bits per heavy atom. The molecule has 188 valence electrons. The molecule has 8 atom stereocenters. The summed E-state index contributed by atoms with van der Waals surface area (Å²) in [4.78, 5) is 74.1. The zero-order valence-corrected chi connectivity index (χ0v) is 17.3. The molecule has 4 heterocycles. The smallest absolute Gasteiger partial charge is 0.335 e. The van der Waals surface area contributed by atoms with Gasteiger partial charge in [0.15, 0.2) is 24.7 Å². The van der Waals surface area contributed by atoms with Crippen LogP contribution in [0.2, 0.25) is 0 Å². The minimum Gasteiger partial charge on any atom is -0.479 e. The van der Waals surface area contributed by atoms with Crippen LogP contribution in [0.25, 0.3) is 0 Å². The summed E-state index contributed by atoms with van der Waals surface area (Å²) in [7, 11) is 0. The first-order chi connectivity index (χ1) is 16.5. The van der Waals surface area contributed by atoms with Crippen LogP contribution in [-0.4, -0.2) is 88.1 Å². The minimum absolute atomic E-state index is 0.699. The number of aliphatic carboxylic acids is 2. The summed E-state index contributed by atoms with van der Waals surface area (Å²) < 4.78 is 17.4. The molecule has 2 aromatic rings. The van der Waals surface area contributed by atoms with Gasteiger partial charge in [0.05, 0.1) is 0 Å². The van der Waals surface area contributed by atoms with Gasteiger partial charge in [0.25, 0.3) is 11.1 Å². The van der Waals surface area contributed by atoms with E-state index in [0.717, 1.165) is 24.5 Å². The highest BCUT2D eigenvalue weighted by molar-refractivity contribution is 5.74. The van der Waals surface area contributed by atoms with Gasteiger partial charge in [-0.1, -0.05) is 0 Å². The van der Waals surface area contributed by atoms with Crippen LogP contribution in [0.3, 0.4) is 0 Å². The number of nitrogens with zero attached hydrogens (tertiary/aromatic N) is 2. The number of hydrogen-bond acceptors (Lipinski definition) is 11. The van der Waals surface area contributed by atoms with Crippen LogP contribution in [0, 0.1) is 0 Å². The number of aromatic amines is 2. The number of ether oxygens (including phenoxy) is 3. The van der Waals surface area contributed by atoms with E-state index in [-0.39, 0.29) is 0 Å². The number of aliphatic hydroxyl groups excluding tert-OH is 2. The quantitative estimate of drug-likeness (QED) is 0.220. The lowest BCUT2D eigenvalue weighted by molar-refractivity contribution is -0.170. The van der Waals surface area contributed by atoms with Crippen LogP contribution in [0.4, 0.5) is 0 Å². The van der Waals surface area contributed by atoms with Crippen molar-refractivity contribution in [2.75, 3.05) is 0 Å². The average molecular weight is 498 g/mol. The summed E-state index contributed by atoms with van der Waals surface area (Å²) >= 11 is 0. The first-order valence-electron chi connectivity index (χ1n) is 9.90. The van der Waals surface area contributed by atoms with E-state index in [0.29, 0.717) is 9.13 Å². The normalized spacial score (nSPS) is 32.5. The van der Waals surface area contributed by atoms with Crippen molar-refractivity contribution in [1.82, 2.24) is 19.1 Å². The third-order valence-electron chi connectivity index (χ3n) is 5.48. The number of carboxylic acid groups (broad SMARTS) is 2. The fraction of sp³-hybridized carbons (Fsp3) is 0.444. The van der Waals surface area contributed by atoms with Gasteiger partial charge < -0.3 is 34.6 Å². The third-order valence-corrected chi connectivity index (χ3v) is 5.48. The maximum absolute atomic E-state index is 12.1. The molecule has 17 heteroatoms. The molecule has 17 nitrogen and oxygen atoms in total. The lowest BCUT2D eigenvalue weighted by atomic mass is 10.1. The zero-order valence-electron chi connectivity index (χ0n) is 17.3. The van der Waals surface area contributed by atoms with Crippen LogP contribution in [0.5, 0.6) is 0 Å². The van der Waals surface area contributed by atoms with Crippen molar-refractivity contribution in [3.63, 3.8) is 0 Å². The van der Waals surface area contributed by atoms with Crippen LogP contribution in [-0.2, 0) is 23.8 Å². The predicted molar refractivity (Wildman–Crippen MR) is 106 cm³/mol. The van der Waals surface area contributed by atoms with E-state index in [9.17, 15) is 49.2 Å². The van der Waals surface area contributed by atoms with Crippen molar-refractivity contribution >= 4 is 11.9 Å². The molecule has 0 bridgehead atoms. The highest BCUT2D eigenvalue weighted by atomic mass is 16.6. The van der Waals surface area contributed by atoms with Crippen molar-refractivity contribution in [3.8, 4) is 0 Å². The molecule has 6 N–H and O–H groups in total. The van der Waals surface area contributed by atoms with E-state index in [1.54, 1.807) is 0 Å². The largest absolute Gasteiger partial charge is 0.479 e. The number of H-pyrrole nitrogens is 2. The lowest BCUT2D eigenvalue weighted by Crippen LogP contribution is -2.48. The number of hydrogen-bond donors (Lipinski definition) is 6. The highest BCUT2D eigenvalue weighted by Gasteiger charge is 2.56. The van der Waals surface area contributed by atoms with Crippen molar-refractivity contribution in [2.45, 2.75) is 49.1 Å². The SMILES string of the molecule is O=C(O)[C@H]1O[C@@H](n2ccc(=O)[nH]c2=O)[C@H](O)[C@@H]1O[C@H]1[C@@H](O)[C@H](n2ccc(=O)[nH]c2=O)O[C@@H]1C(=O)O. The Bertz CT molecular complexity index is 1270. The summed E-state index contributed by atoms with van der Waals surface area (Å²) in [5.74, 6) is -3.30. The first kappa shape index (κ1) is 24.2. The Morgan fingerprint density at radius 3 is 1.46 bits per heavy atom. The average Bonchev–Trinajstić information content (AvgIpc) is 3.26. The minimum atomic E-state index is -1.94. The van der Waals surface area contributed by atoms with E-state index in [1.165, 1.54) is 0 Å². The number of aromatic nitrogens is 4. The van der Waals surface area contributed by atoms with Crippen molar-refractivity contribution in [1.29, 1.82) is 0 Å². The van der Waals surface area contributed by atoms with Crippen molar-refractivity contribution in [2.24, 2.45) is 0 Å². The fourth-order valence-electron chi connectivity index (χ4n) is 3.90. The van der Waals surface area contributed by atoms with Gasteiger partial charge in [0.1, 0.15) is 24.4 Å². The Morgan fingerprint density at radius 2 is 1.14 bits per heavy atom. The van der Waals surface area contributed by atoms with E-state index in [4.69, 9.17) is 14.2 Å². The Labute approximate surface area is 191 Å². The second-order valence-electron chi connectivity index (χ2n) is 7.65. The molecular formula is C18H18N4O13. The predicted octanol–water partition coefficient (Wildman–Crippen LogP) is -4.47. The second-order valence-corrected chi connectivity index (χ2v) is 7.65. The van der Waals surface area contributed by atoms with Crippen LogP contribution in [0.15, 0.2) is 43.7 Å². The molecule has 0 spiro atoms. The molecule has 0 saturated carbocycles. The molecule has 0 amide bonds. The van der Waals surface area contributed by atoms with Gasteiger partial charge in [-0.3, -0.25) is 28.7 Å². The number of rotatable bonds is 6. The maximum Gasteiger partial charge on any atom is 0.335 e. The molecule has 2 aliphatic rings. The van der Waals surface area contributed by atoms with Crippen LogP contribution >= 0.6 is 0 Å². The van der Waals surface area contributed by atoms with Gasteiger partial charge in [0, 0.05) is 24.5 Å². The maximum atomic E-state index is 12.1. The van der Waals surface area contributed by atoms with E-state index in [2.05, 4.69) is 0 Å². The Hall–Kier alpha value is -3.90. The summed E-state index contributed by atoms with van der Waals surface area (Å²) in [5.41, 5.74) is -3.59. The van der Waals surface area contributed by atoms with Crippen molar-refractivity contribution < 1.29 is 44.2 Å². The van der Waals surface area contributed by atoms with Crippen LogP contribution < -0.4 is 22.5 Å². The molecule has 35 heavy (non-hydrogen) atoms. The molecule has 0 aliphatic carbocycles. The molecule has 0 unspecified atom stereocenters. The van der Waals surface area contributed by atoms with Gasteiger partial charge in [-0.05, 0) is 0 Å². The molecular weight excluding hydrogens is 480 g/mol. The standard InChI is InChI=1S/C18H18N4O13/c23-5-1-3-21(17(31)19-5)13-7(25)9(11(34-13)15(27)28)33-10-8(26)14(35-12(10)16(29)30)22-4-2-6(24)20-18(22)32/h1-4,7-14,25-26H,(H,27,28)(H,29,30)(H,19,23,31)(H,20,24,32)/t7-,8-,9+,10+,11+,12+,13-,14-/m1/s1. The number of carbonyl (C=O) groups is 2. The van der Waals surface area contributed by atoms with Crippen LogP contribution in [0.1, 0.15) is 12.5 Å². The van der Waals surface area contributed by atoms with Gasteiger partial charge in [-0.15, -0.1) is 0 Å². The molecule has 0 aromatic carbocycles. The topological polar surface area (TPSA) is 252 Å². The molecule has 4 rings (SSSR count). The van der Waals surface area contributed by atoms with Gasteiger partial charge >= 0.3 is 23.3 Å². The monoisotopic (exact) mass is 498 g/mol. The second kappa shape index (κ2) is 9.04. The molecule has 2 aromatic heterocycles. The molecule has 2 aliphatic heterocycles. The summed E-state index contributed by atoms with van der Waals surface area (Å²) in [5, 5.41) is 40.5.